The predicted octanol–water partition coefficient (Wildman–Crippen LogP) is 4.88. The van der Waals surface area contributed by atoms with E-state index in [4.69, 9.17) is 33.7 Å². The molecule has 8 nitrogen and oxygen atoms in total. The molecule has 1 heterocycles. The van der Waals surface area contributed by atoms with Crippen LogP contribution in [0.15, 0.2) is 60.8 Å². The zero-order valence-electron chi connectivity index (χ0n) is 23.5. The first-order chi connectivity index (χ1) is 20.1. The van der Waals surface area contributed by atoms with Gasteiger partial charge in [0, 0.05) is 41.7 Å². The van der Waals surface area contributed by atoms with Crippen molar-refractivity contribution >= 4 is 40.9 Å². The monoisotopic (exact) mass is 616 g/mol. The number of carbonyl (C=O) groups is 3. The molecule has 3 aromatic rings. The standard InChI is InChI=1S/C31H35Cl2FN4O4/c1-42-27-13-12-26(36-19-27)15-17-37(20-29(35)39)31(41)21-38(16-14-22-6-10-25(34)11-7-22)30(40)5-3-2-4-23-8-9-24(32)18-28(23)33/h6-13,18-19H,2-5,14-17,20-21H2,1H3,(H2,35,39). The molecule has 0 aliphatic rings. The molecule has 42 heavy (non-hydrogen) atoms. The van der Waals surface area contributed by atoms with E-state index in [1.165, 1.54) is 21.9 Å². The second-order valence-corrected chi connectivity index (χ2v) is 10.7. The minimum absolute atomic E-state index is 0.191. The highest BCUT2D eigenvalue weighted by atomic mass is 35.5. The maximum Gasteiger partial charge on any atom is 0.242 e. The predicted molar refractivity (Wildman–Crippen MR) is 161 cm³/mol. The van der Waals surface area contributed by atoms with E-state index in [1.807, 2.05) is 6.07 Å². The van der Waals surface area contributed by atoms with Crippen LogP contribution in [-0.2, 0) is 33.6 Å². The first kappa shape index (κ1) is 32.8. The van der Waals surface area contributed by atoms with Gasteiger partial charge in [-0.25, -0.2) is 4.39 Å². The number of hydrogen-bond acceptors (Lipinski definition) is 5. The van der Waals surface area contributed by atoms with Crippen LogP contribution in [0.4, 0.5) is 4.39 Å². The van der Waals surface area contributed by atoms with Crippen molar-refractivity contribution in [2.24, 2.45) is 5.73 Å². The molecule has 0 unspecified atom stereocenters. The number of benzene rings is 2. The third-order valence-corrected chi connectivity index (χ3v) is 7.32. The van der Waals surface area contributed by atoms with Crippen LogP contribution in [0.5, 0.6) is 5.75 Å². The van der Waals surface area contributed by atoms with Crippen LogP contribution < -0.4 is 10.5 Å². The number of pyridine rings is 1. The number of hydrogen-bond donors (Lipinski definition) is 1. The lowest BCUT2D eigenvalue weighted by Crippen LogP contribution is -2.47. The maximum absolute atomic E-state index is 13.4. The molecule has 3 rings (SSSR count). The van der Waals surface area contributed by atoms with E-state index in [9.17, 15) is 18.8 Å². The number of amides is 3. The molecule has 2 aromatic carbocycles. The van der Waals surface area contributed by atoms with Crippen LogP contribution >= 0.6 is 23.2 Å². The van der Waals surface area contributed by atoms with Gasteiger partial charge >= 0.3 is 0 Å². The third kappa shape index (κ3) is 10.9. The molecular weight excluding hydrogens is 582 g/mol. The van der Waals surface area contributed by atoms with Gasteiger partial charge in [-0.05, 0) is 73.2 Å². The fourth-order valence-electron chi connectivity index (χ4n) is 4.35. The van der Waals surface area contributed by atoms with Crippen LogP contribution in [0.2, 0.25) is 10.0 Å². The number of methoxy groups -OCH3 is 1. The molecule has 0 aliphatic carbocycles. The van der Waals surface area contributed by atoms with Crippen LogP contribution in [0.25, 0.3) is 0 Å². The van der Waals surface area contributed by atoms with Crippen molar-refractivity contribution in [1.29, 1.82) is 0 Å². The second-order valence-electron chi connectivity index (χ2n) is 9.86. The zero-order chi connectivity index (χ0) is 30.5. The van der Waals surface area contributed by atoms with Gasteiger partial charge in [0.2, 0.25) is 17.7 Å². The SMILES string of the molecule is COc1ccc(CCN(CC(N)=O)C(=O)CN(CCc2ccc(F)cc2)C(=O)CCCCc2ccc(Cl)cc2Cl)nc1. The molecule has 0 atom stereocenters. The summed E-state index contributed by atoms with van der Waals surface area (Å²) in [6, 6.07) is 14.9. The lowest BCUT2D eigenvalue weighted by atomic mass is 10.1. The summed E-state index contributed by atoms with van der Waals surface area (Å²) in [6.07, 6.45) is 4.62. The van der Waals surface area contributed by atoms with E-state index in [0.29, 0.717) is 47.2 Å². The van der Waals surface area contributed by atoms with Gasteiger partial charge in [0.1, 0.15) is 11.6 Å². The second kappa shape index (κ2) is 16.7. The van der Waals surface area contributed by atoms with Crippen molar-refractivity contribution in [3.63, 3.8) is 0 Å². The van der Waals surface area contributed by atoms with E-state index in [0.717, 1.165) is 17.5 Å². The number of halogens is 3. The summed E-state index contributed by atoms with van der Waals surface area (Å²) in [4.78, 5) is 45.6. The Morgan fingerprint density at radius 1 is 0.881 bits per heavy atom. The van der Waals surface area contributed by atoms with Crippen molar-refractivity contribution in [2.45, 2.75) is 38.5 Å². The topological polar surface area (TPSA) is 106 Å². The van der Waals surface area contributed by atoms with E-state index < -0.39 is 11.8 Å². The van der Waals surface area contributed by atoms with Crippen molar-refractivity contribution < 1.29 is 23.5 Å². The number of aryl methyl sites for hydroxylation is 1. The lowest BCUT2D eigenvalue weighted by Gasteiger charge is -2.27. The fourth-order valence-corrected chi connectivity index (χ4v) is 4.86. The van der Waals surface area contributed by atoms with Gasteiger partial charge in [0.15, 0.2) is 0 Å². The summed E-state index contributed by atoms with van der Waals surface area (Å²) >= 11 is 12.2. The number of unbranched alkanes of at least 4 members (excludes halogenated alkanes) is 1. The van der Waals surface area contributed by atoms with Gasteiger partial charge < -0.3 is 20.3 Å². The summed E-state index contributed by atoms with van der Waals surface area (Å²) in [6.45, 7) is -0.0458. The number of nitrogens with zero attached hydrogens (tertiary/aromatic N) is 3. The Hall–Kier alpha value is -3.69. The van der Waals surface area contributed by atoms with Crippen molar-refractivity contribution in [3.8, 4) is 5.75 Å². The first-order valence-corrected chi connectivity index (χ1v) is 14.4. The van der Waals surface area contributed by atoms with Crippen LogP contribution in [0.1, 0.15) is 36.1 Å². The highest BCUT2D eigenvalue weighted by Gasteiger charge is 2.22. The maximum atomic E-state index is 13.4. The molecule has 3 amide bonds. The Labute approximate surface area is 255 Å². The number of aromatic nitrogens is 1. The Kier molecular flexibility index (Phi) is 13.0. The molecule has 0 spiro atoms. The fraction of sp³-hybridized carbons (Fsp3) is 0.355. The molecule has 0 saturated carbocycles. The van der Waals surface area contributed by atoms with E-state index in [1.54, 1.807) is 49.7 Å². The molecule has 0 fully saturated rings. The smallest absolute Gasteiger partial charge is 0.242 e. The number of nitrogens with two attached hydrogens (primary N) is 1. The van der Waals surface area contributed by atoms with Gasteiger partial charge in [-0.3, -0.25) is 19.4 Å². The zero-order valence-corrected chi connectivity index (χ0v) is 25.0. The summed E-state index contributed by atoms with van der Waals surface area (Å²) < 4.78 is 18.5. The van der Waals surface area contributed by atoms with Crippen molar-refractivity contribution in [3.05, 3.63) is 93.5 Å². The van der Waals surface area contributed by atoms with E-state index in [-0.39, 0.29) is 44.3 Å². The lowest BCUT2D eigenvalue weighted by molar-refractivity contribution is -0.141. The van der Waals surface area contributed by atoms with Crippen LogP contribution in [0, 0.1) is 5.82 Å². The molecule has 1 aromatic heterocycles. The largest absolute Gasteiger partial charge is 0.495 e. The van der Waals surface area contributed by atoms with Gasteiger partial charge in [0.25, 0.3) is 0 Å². The minimum atomic E-state index is -0.656. The molecule has 0 saturated heterocycles. The van der Waals surface area contributed by atoms with Crippen LogP contribution in [0.3, 0.4) is 0 Å². The number of ether oxygens (including phenoxy) is 1. The van der Waals surface area contributed by atoms with Gasteiger partial charge in [-0.1, -0.05) is 41.4 Å². The average molecular weight is 618 g/mol. The molecule has 0 bridgehead atoms. The normalized spacial score (nSPS) is 10.8. The highest BCUT2D eigenvalue weighted by Crippen LogP contribution is 2.23. The average Bonchev–Trinajstić information content (AvgIpc) is 2.97. The van der Waals surface area contributed by atoms with Gasteiger partial charge in [-0.2, -0.15) is 0 Å². The van der Waals surface area contributed by atoms with Crippen molar-refractivity contribution in [2.75, 3.05) is 33.3 Å². The number of carbonyl (C=O) groups excluding carboxylic acids is 3. The Morgan fingerprint density at radius 2 is 1.60 bits per heavy atom. The van der Waals surface area contributed by atoms with Gasteiger partial charge in [-0.15, -0.1) is 0 Å². The molecule has 0 aliphatic heterocycles. The summed E-state index contributed by atoms with van der Waals surface area (Å²) in [5, 5.41) is 1.14. The van der Waals surface area contributed by atoms with E-state index >= 15 is 0 Å². The molecule has 2 N–H and O–H groups in total. The molecule has 0 radical (unpaired) electrons. The number of rotatable bonds is 16. The highest BCUT2D eigenvalue weighted by molar-refractivity contribution is 6.35. The van der Waals surface area contributed by atoms with Crippen molar-refractivity contribution in [1.82, 2.24) is 14.8 Å². The molecule has 224 valence electrons. The summed E-state index contributed by atoms with van der Waals surface area (Å²) in [5.74, 6) is -0.992. The van der Waals surface area contributed by atoms with Gasteiger partial charge in [0.05, 0.1) is 26.4 Å². The Bertz CT molecular complexity index is 1340. The number of primary amides is 1. The first-order valence-electron chi connectivity index (χ1n) is 13.7. The summed E-state index contributed by atoms with van der Waals surface area (Å²) in [7, 11) is 1.54. The third-order valence-electron chi connectivity index (χ3n) is 6.73. The minimum Gasteiger partial charge on any atom is -0.495 e. The Balaban J connectivity index is 1.64. The molecular formula is C31H35Cl2FN4O4. The van der Waals surface area contributed by atoms with Crippen LogP contribution in [-0.4, -0.2) is 65.8 Å². The van der Waals surface area contributed by atoms with E-state index in [2.05, 4.69) is 4.98 Å². The quantitative estimate of drug-likeness (QED) is 0.231. The molecule has 11 heteroatoms. The summed E-state index contributed by atoms with van der Waals surface area (Å²) in [5.41, 5.74) is 7.92. The Morgan fingerprint density at radius 3 is 2.24 bits per heavy atom.